The van der Waals surface area contributed by atoms with E-state index in [2.05, 4.69) is 25.2 Å². The maximum Gasteiger partial charge on any atom is 0.321 e. The number of rotatable bonds is 3. The van der Waals surface area contributed by atoms with Gasteiger partial charge in [-0.2, -0.15) is 0 Å². The Kier molecular flexibility index (Phi) is 3.79. The highest BCUT2D eigenvalue weighted by Crippen LogP contribution is 2.36. The third kappa shape index (κ3) is 2.90. The molecule has 1 N–H and O–H groups in total. The van der Waals surface area contributed by atoms with E-state index in [0.29, 0.717) is 6.54 Å². The van der Waals surface area contributed by atoms with Crippen LogP contribution in [-0.2, 0) is 11.8 Å². The summed E-state index contributed by atoms with van der Waals surface area (Å²) in [6, 6.07) is 14.0. The van der Waals surface area contributed by atoms with Crippen molar-refractivity contribution in [2.45, 2.75) is 25.7 Å². The Balaban J connectivity index is 1.44. The van der Waals surface area contributed by atoms with Crippen LogP contribution in [0.25, 0.3) is 0 Å². The summed E-state index contributed by atoms with van der Waals surface area (Å²) in [5, 5.41) is 3.09. The van der Waals surface area contributed by atoms with E-state index in [0.717, 1.165) is 35.7 Å². The summed E-state index contributed by atoms with van der Waals surface area (Å²) in [5.41, 5.74) is 3.14. The van der Waals surface area contributed by atoms with Gasteiger partial charge in [0.2, 0.25) is 6.79 Å². The van der Waals surface area contributed by atoms with Crippen molar-refractivity contribution < 1.29 is 14.3 Å². The Hall–Kier alpha value is -2.69. The average molecular weight is 338 g/mol. The summed E-state index contributed by atoms with van der Waals surface area (Å²) in [7, 11) is 0. The fourth-order valence-corrected chi connectivity index (χ4v) is 3.36. The number of carbonyl (C=O) groups excluding carboxylic acids is 1. The van der Waals surface area contributed by atoms with Crippen LogP contribution in [-0.4, -0.2) is 25.9 Å². The van der Waals surface area contributed by atoms with Gasteiger partial charge < -0.3 is 14.8 Å². The first kappa shape index (κ1) is 15.8. The molecular weight excluding hydrogens is 316 g/mol. The molecule has 2 aliphatic rings. The number of urea groups is 1. The fraction of sp³-hybridized carbons (Fsp3) is 0.350. The smallest absolute Gasteiger partial charge is 0.321 e. The van der Waals surface area contributed by atoms with Crippen molar-refractivity contribution >= 4 is 11.7 Å². The lowest BCUT2D eigenvalue weighted by atomic mass is 9.84. The number of hydrogen-bond acceptors (Lipinski definition) is 3. The number of amides is 2. The van der Waals surface area contributed by atoms with Crippen LogP contribution in [0.1, 0.15) is 25.0 Å². The lowest BCUT2D eigenvalue weighted by Gasteiger charge is -2.27. The van der Waals surface area contributed by atoms with Crippen molar-refractivity contribution in [1.29, 1.82) is 0 Å². The van der Waals surface area contributed by atoms with Crippen LogP contribution >= 0.6 is 0 Å². The second-order valence-corrected chi connectivity index (χ2v) is 7.14. The molecular formula is C20H22N2O3. The molecule has 0 bridgehead atoms. The van der Waals surface area contributed by atoms with Gasteiger partial charge in [-0.1, -0.05) is 38.1 Å². The lowest BCUT2D eigenvalue weighted by Crippen LogP contribution is -2.44. The first-order chi connectivity index (χ1) is 12.0. The predicted octanol–water partition coefficient (Wildman–Crippen LogP) is 3.47. The second kappa shape index (κ2) is 5.99. The molecule has 2 aromatic carbocycles. The lowest BCUT2D eigenvalue weighted by molar-refractivity contribution is 0.174. The summed E-state index contributed by atoms with van der Waals surface area (Å²) in [5.74, 6) is 1.54. The van der Waals surface area contributed by atoms with Crippen molar-refractivity contribution in [1.82, 2.24) is 5.32 Å². The van der Waals surface area contributed by atoms with Crippen LogP contribution in [0.4, 0.5) is 10.5 Å². The number of fused-ring (bicyclic) bond motifs is 2. The quantitative estimate of drug-likeness (QED) is 0.932. The normalized spacial score (nSPS) is 15.2. The molecule has 0 aliphatic carbocycles. The monoisotopic (exact) mass is 338 g/mol. The maximum atomic E-state index is 12.6. The fourth-order valence-electron chi connectivity index (χ4n) is 3.36. The van der Waals surface area contributed by atoms with E-state index < -0.39 is 0 Å². The molecule has 4 rings (SSSR count). The summed E-state index contributed by atoms with van der Waals surface area (Å²) in [6.07, 6.45) is 0.912. The van der Waals surface area contributed by atoms with Gasteiger partial charge in [-0.25, -0.2) is 4.79 Å². The van der Waals surface area contributed by atoms with Crippen LogP contribution in [0, 0.1) is 0 Å². The van der Waals surface area contributed by atoms with Gasteiger partial charge in [0.05, 0.1) is 0 Å². The average Bonchev–Trinajstić information content (AvgIpc) is 3.25. The number of nitrogens with zero attached hydrogens (tertiary/aromatic N) is 1. The molecule has 2 aliphatic heterocycles. The van der Waals surface area contributed by atoms with Crippen molar-refractivity contribution in [2.24, 2.45) is 0 Å². The number of hydrogen-bond donors (Lipinski definition) is 1. The first-order valence-electron chi connectivity index (χ1n) is 8.58. The van der Waals surface area contributed by atoms with Gasteiger partial charge in [0.15, 0.2) is 11.5 Å². The molecule has 0 atom stereocenters. The van der Waals surface area contributed by atoms with E-state index in [9.17, 15) is 4.79 Å². The van der Waals surface area contributed by atoms with Crippen LogP contribution < -0.4 is 19.7 Å². The Morgan fingerprint density at radius 1 is 1.16 bits per heavy atom. The van der Waals surface area contributed by atoms with Gasteiger partial charge in [-0.05, 0) is 35.7 Å². The second-order valence-electron chi connectivity index (χ2n) is 7.14. The highest BCUT2D eigenvalue weighted by Gasteiger charge is 2.28. The van der Waals surface area contributed by atoms with Gasteiger partial charge in [-0.3, -0.25) is 4.90 Å². The molecule has 0 fully saturated rings. The molecule has 0 aromatic heterocycles. The van der Waals surface area contributed by atoms with Crippen LogP contribution in [0.3, 0.4) is 0 Å². The highest BCUT2D eigenvalue weighted by atomic mass is 16.7. The van der Waals surface area contributed by atoms with Crippen LogP contribution in [0.15, 0.2) is 42.5 Å². The van der Waals surface area contributed by atoms with E-state index in [4.69, 9.17) is 9.47 Å². The molecule has 0 spiro atoms. The third-order valence-corrected chi connectivity index (χ3v) is 4.97. The molecule has 2 heterocycles. The molecule has 5 nitrogen and oxygen atoms in total. The number of carbonyl (C=O) groups is 1. The Morgan fingerprint density at radius 2 is 1.96 bits per heavy atom. The van der Waals surface area contributed by atoms with Gasteiger partial charge in [-0.15, -0.1) is 0 Å². The highest BCUT2D eigenvalue weighted by molar-refractivity contribution is 5.94. The van der Waals surface area contributed by atoms with Gasteiger partial charge in [0, 0.05) is 24.2 Å². The van der Waals surface area contributed by atoms with Gasteiger partial charge >= 0.3 is 6.03 Å². The molecule has 2 amide bonds. The Labute approximate surface area is 147 Å². The summed E-state index contributed by atoms with van der Waals surface area (Å²) in [6.45, 7) is 5.77. The molecule has 25 heavy (non-hydrogen) atoms. The SMILES string of the molecule is CC(C)(CNC(=O)N1CCc2ccccc21)c1ccc2c(c1)OCO2. The predicted molar refractivity (Wildman–Crippen MR) is 96.5 cm³/mol. The van der Waals surface area contributed by atoms with Gasteiger partial charge in [0.1, 0.15) is 0 Å². The van der Waals surface area contributed by atoms with E-state index in [1.165, 1.54) is 5.56 Å². The van der Waals surface area contributed by atoms with E-state index >= 15 is 0 Å². The zero-order chi connectivity index (χ0) is 17.4. The van der Waals surface area contributed by atoms with E-state index in [1.807, 2.05) is 41.3 Å². The molecule has 0 saturated carbocycles. The molecule has 2 aromatic rings. The first-order valence-corrected chi connectivity index (χ1v) is 8.58. The van der Waals surface area contributed by atoms with Crippen molar-refractivity contribution in [3.63, 3.8) is 0 Å². The number of anilines is 1. The number of nitrogens with one attached hydrogen (secondary N) is 1. The van der Waals surface area contributed by atoms with Crippen molar-refractivity contribution in [2.75, 3.05) is 24.8 Å². The zero-order valence-electron chi connectivity index (χ0n) is 14.5. The Morgan fingerprint density at radius 3 is 2.84 bits per heavy atom. The minimum Gasteiger partial charge on any atom is -0.454 e. The van der Waals surface area contributed by atoms with Crippen molar-refractivity contribution in [3.8, 4) is 11.5 Å². The molecule has 0 saturated heterocycles. The number of para-hydroxylation sites is 1. The molecule has 130 valence electrons. The zero-order valence-corrected chi connectivity index (χ0v) is 14.5. The van der Waals surface area contributed by atoms with Gasteiger partial charge in [0.25, 0.3) is 0 Å². The van der Waals surface area contributed by atoms with Crippen LogP contribution in [0.2, 0.25) is 0 Å². The summed E-state index contributed by atoms with van der Waals surface area (Å²) >= 11 is 0. The van der Waals surface area contributed by atoms with Crippen molar-refractivity contribution in [3.05, 3.63) is 53.6 Å². The standard InChI is InChI=1S/C20H22N2O3/c1-20(2,15-7-8-17-18(11-15)25-13-24-17)12-21-19(23)22-10-9-14-5-3-4-6-16(14)22/h3-8,11H,9-10,12-13H2,1-2H3,(H,21,23). The minimum absolute atomic E-state index is 0.0428. The van der Waals surface area contributed by atoms with Crippen LogP contribution in [0.5, 0.6) is 11.5 Å². The topological polar surface area (TPSA) is 50.8 Å². The molecule has 0 unspecified atom stereocenters. The minimum atomic E-state index is -0.212. The number of ether oxygens (including phenoxy) is 2. The maximum absolute atomic E-state index is 12.6. The summed E-state index contributed by atoms with van der Waals surface area (Å²) in [4.78, 5) is 14.5. The molecule has 5 heteroatoms. The Bertz CT molecular complexity index is 816. The van der Waals surface area contributed by atoms with E-state index in [-0.39, 0.29) is 18.2 Å². The summed E-state index contributed by atoms with van der Waals surface area (Å²) < 4.78 is 10.8. The number of benzene rings is 2. The van der Waals surface area contributed by atoms with E-state index in [1.54, 1.807) is 0 Å². The molecule has 0 radical (unpaired) electrons. The largest absolute Gasteiger partial charge is 0.454 e. The third-order valence-electron chi connectivity index (χ3n) is 4.97.